The Bertz CT molecular complexity index is 3010. The first-order valence-electron chi connectivity index (χ1n) is 29.9. The van der Waals surface area contributed by atoms with Crippen LogP contribution in [0, 0.1) is 5.92 Å². The number of guanidine groups is 1. The van der Waals surface area contributed by atoms with Gasteiger partial charge in [-0.3, -0.25) is 57.6 Å². The van der Waals surface area contributed by atoms with E-state index >= 15 is 4.79 Å². The number of benzene rings is 2. The van der Waals surface area contributed by atoms with Crippen molar-refractivity contribution >= 4 is 75.9 Å². The number of rotatable bonds is 27. The fourth-order valence-electron chi connectivity index (χ4n) is 9.51. The van der Waals surface area contributed by atoms with E-state index < -0.39 is 114 Å². The lowest BCUT2D eigenvalue weighted by molar-refractivity contribution is -0.136. The van der Waals surface area contributed by atoms with Crippen molar-refractivity contribution in [3.63, 3.8) is 0 Å². The highest BCUT2D eigenvalue weighted by atomic mass is 16.5. The van der Waals surface area contributed by atoms with Gasteiger partial charge in [-0.25, -0.2) is 0 Å². The predicted molar refractivity (Wildman–Crippen MR) is 326 cm³/mol. The second-order valence-corrected chi connectivity index (χ2v) is 21.8. The number of nitrogens with zero attached hydrogens (tertiary/aromatic N) is 4. The Hall–Kier alpha value is -9.03. The maximum absolute atomic E-state index is 15.0. The molecule has 30 nitrogen and oxygen atoms in total. The number of amides is 10. The molecule has 486 valence electrons. The van der Waals surface area contributed by atoms with Crippen molar-refractivity contribution in [3.8, 4) is 0 Å². The summed E-state index contributed by atoms with van der Waals surface area (Å²) in [7, 11) is 0. The van der Waals surface area contributed by atoms with Crippen LogP contribution in [0.2, 0.25) is 0 Å². The number of carbonyl (C=O) groups excluding carboxylic acids is 10. The molecule has 7 unspecified atom stereocenters. The second kappa shape index (κ2) is 37.6. The minimum absolute atomic E-state index is 0.00712. The van der Waals surface area contributed by atoms with Gasteiger partial charge in [0.1, 0.15) is 48.9 Å². The van der Waals surface area contributed by atoms with Gasteiger partial charge in [0.05, 0.1) is 45.1 Å². The summed E-state index contributed by atoms with van der Waals surface area (Å²) in [4.78, 5) is 145. The van der Waals surface area contributed by atoms with Crippen molar-refractivity contribution in [2.24, 2.45) is 33.8 Å². The fraction of sp³-hybridized carbons (Fsp3) is 0.542. The number of aromatic nitrogens is 4. The third kappa shape index (κ3) is 25.3. The highest BCUT2D eigenvalue weighted by Crippen LogP contribution is 2.20. The number of carbonyl (C=O) groups is 10. The van der Waals surface area contributed by atoms with Gasteiger partial charge in [0.25, 0.3) is 0 Å². The number of hydrogen-bond acceptors (Lipinski definition) is 16. The summed E-state index contributed by atoms with van der Waals surface area (Å²) < 4.78 is 18.1. The number of hydrogen-bond donors (Lipinski definition) is 13. The van der Waals surface area contributed by atoms with E-state index in [9.17, 15) is 43.2 Å². The summed E-state index contributed by atoms with van der Waals surface area (Å²) in [5.74, 6) is -8.74. The zero-order chi connectivity index (χ0) is 64.7. The number of unbranched alkanes of at least 4 members (excludes halogenated alkanes) is 1. The first-order valence-corrected chi connectivity index (χ1v) is 29.9. The molecule has 1 aliphatic heterocycles. The van der Waals surface area contributed by atoms with E-state index in [4.69, 9.17) is 37.1 Å². The third-order valence-electron chi connectivity index (χ3n) is 14.3. The number of H-pyrrole nitrogens is 1. The molecule has 0 fully saturated rings. The topological polar surface area (TPSA) is 458 Å². The number of aliphatic imine (C=N–C) groups is 1. The van der Waals surface area contributed by atoms with Crippen LogP contribution in [0.3, 0.4) is 0 Å². The van der Waals surface area contributed by atoms with Crippen molar-refractivity contribution in [3.05, 3.63) is 83.8 Å². The molecule has 0 aliphatic carbocycles. The summed E-state index contributed by atoms with van der Waals surface area (Å²) in [6.07, 6.45) is 4.86. The zero-order valence-electron chi connectivity index (χ0n) is 50.7. The van der Waals surface area contributed by atoms with E-state index in [0.717, 1.165) is 12.8 Å². The van der Waals surface area contributed by atoms with Gasteiger partial charge in [-0.2, -0.15) is 0 Å². The summed E-state index contributed by atoms with van der Waals surface area (Å²) in [5, 5.41) is 30.7. The normalized spacial score (nSPS) is 20.4. The van der Waals surface area contributed by atoms with Gasteiger partial charge in [0.15, 0.2) is 5.96 Å². The molecule has 30 heteroatoms. The number of aromatic amines is 1. The maximum Gasteiger partial charge on any atom is 0.246 e. The summed E-state index contributed by atoms with van der Waals surface area (Å²) in [5.41, 5.74) is 24.7. The van der Waals surface area contributed by atoms with Crippen molar-refractivity contribution in [2.45, 2.75) is 147 Å². The molecule has 2 aromatic heterocycles. The molecule has 7 atom stereocenters. The summed E-state index contributed by atoms with van der Waals surface area (Å²) >= 11 is 0. The van der Waals surface area contributed by atoms with Crippen LogP contribution in [0.1, 0.15) is 95.4 Å². The van der Waals surface area contributed by atoms with E-state index in [1.165, 1.54) is 4.68 Å². The molecule has 0 radical (unpaired) electrons. The van der Waals surface area contributed by atoms with E-state index in [1.54, 1.807) is 68.7 Å². The molecule has 0 spiro atoms. The van der Waals surface area contributed by atoms with E-state index in [0.29, 0.717) is 54.4 Å². The largest absolute Gasteiger partial charge is 0.377 e. The first-order chi connectivity index (χ1) is 42.7. The molecule has 3 heterocycles. The molecule has 0 saturated heterocycles. The highest BCUT2D eigenvalue weighted by Gasteiger charge is 2.36. The van der Waals surface area contributed by atoms with Crippen LogP contribution in [-0.2, 0) is 88.0 Å². The van der Waals surface area contributed by atoms with Crippen molar-refractivity contribution < 1.29 is 62.2 Å². The van der Waals surface area contributed by atoms with Crippen LogP contribution in [0.4, 0.5) is 0 Å². The average molecular weight is 1240 g/mol. The Morgan fingerprint density at radius 1 is 0.708 bits per heavy atom. The highest BCUT2D eigenvalue weighted by molar-refractivity contribution is 5.99. The predicted octanol–water partition coefficient (Wildman–Crippen LogP) is -2.21. The van der Waals surface area contributed by atoms with Crippen molar-refractivity contribution in [2.75, 3.05) is 52.7 Å². The maximum atomic E-state index is 15.0. The lowest BCUT2D eigenvalue weighted by Gasteiger charge is -2.28. The van der Waals surface area contributed by atoms with Gasteiger partial charge in [-0.05, 0) is 61.6 Å². The van der Waals surface area contributed by atoms with Crippen LogP contribution in [-0.4, -0.2) is 180 Å². The molecule has 1 aliphatic rings. The van der Waals surface area contributed by atoms with Crippen LogP contribution in [0.25, 0.3) is 10.9 Å². The van der Waals surface area contributed by atoms with E-state index in [1.807, 2.05) is 19.1 Å². The van der Waals surface area contributed by atoms with Gasteiger partial charge in [-0.15, -0.1) is 5.10 Å². The zero-order valence-corrected chi connectivity index (χ0v) is 50.7. The number of nitrogens with two attached hydrogens (primary N) is 4. The lowest BCUT2D eigenvalue weighted by atomic mass is 10.00. The number of fused-ring (bicyclic) bond motifs is 3. The fourth-order valence-corrected chi connectivity index (χ4v) is 9.51. The average Bonchev–Trinajstić information content (AvgIpc) is 2.96. The van der Waals surface area contributed by atoms with Gasteiger partial charge in [0, 0.05) is 68.6 Å². The van der Waals surface area contributed by atoms with Crippen LogP contribution in [0.15, 0.2) is 72.0 Å². The Kier molecular flexibility index (Phi) is 29.9. The molecular weight excluding hydrogens is 1150 g/mol. The quantitative estimate of drug-likeness (QED) is 0.0171. The third-order valence-corrected chi connectivity index (χ3v) is 14.3. The summed E-state index contributed by atoms with van der Waals surface area (Å²) in [6.45, 7) is 6.26. The lowest BCUT2D eigenvalue weighted by Crippen LogP contribution is -2.61. The van der Waals surface area contributed by atoms with E-state index in [-0.39, 0.29) is 95.6 Å². The van der Waals surface area contributed by atoms with Gasteiger partial charge in [-0.1, -0.05) is 80.9 Å². The molecule has 4 aromatic rings. The van der Waals surface area contributed by atoms with Gasteiger partial charge in [0.2, 0.25) is 59.1 Å². The number of primary amides is 2. The molecule has 17 N–H and O–H groups in total. The van der Waals surface area contributed by atoms with Crippen LogP contribution >= 0.6 is 0 Å². The molecule has 5 rings (SSSR count). The summed E-state index contributed by atoms with van der Waals surface area (Å²) in [6, 6.07) is 5.74. The minimum atomic E-state index is -1.69. The Morgan fingerprint density at radius 3 is 2.03 bits per heavy atom. The Balaban J connectivity index is 1.47. The SMILES string of the molecule is CCCCC(=O)NCCOCCOCCOCC(=O)NC1Cc2cn(nn2)CCCCC(C(N)=O)NC(=O)C(C(C)C)NC(=O)C(CC(N)=O)NC(=O)C(Cc2ccccc2)NC(=O)C(Cc2c[nH]c3ccccc23)NC(=O)C(CCCN=C(N)N)NC1=O. The molecule has 89 heavy (non-hydrogen) atoms. The number of para-hydroxylation sites is 1. The van der Waals surface area contributed by atoms with E-state index in [2.05, 4.69) is 62.8 Å². The Morgan fingerprint density at radius 2 is 1.35 bits per heavy atom. The number of ether oxygens (including phenoxy) is 3. The van der Waals surface area contributed by atoms with Crippen LogP contribution in [0.5, 0.6) is 0 Å². The molecule has 2 bridgehead atoms. The first kappa shape index (κ1) is 70.7. The number of nitrogens with one attached hydrogen (secondary N) is 9. The second-order valence-electron chi connectivity index (χ2n) is 21.8. The smallest absolute Gasteiger partial charge is 0.246 e. The van der Waals surface area contributed by atoms with Gasteiger partial charge < -0.3 is 84.7 Å². The molecular formula is C59H87N17O13. The molecule has 0 saturated carbocycles. The Labute approximate surface area is 516 Å². The monoisotopic (exact) mass is 1240 g/mol. The molecule has 2 aromatic carbocycles. The van der Waals surface area contributed by atoms with Crippen molar-refractivity contribution in [1.82, 2.24) is 62.5 Å². The number of aryl methyl sites for hydroxylation is 1. The standard InChI is InChI=1S/C59H87N17O13/c1-4-5-20-49(78)64-22-24-87-25-26-88-27-28-89-35-50(79)67-46-31-39-34-76(75-74-39)23-12-11-18-42(52(61)80)68-58(86)51(36(2)3)73-57(85)47(32-48(60)77)72-54(82)44(29-37-14-7-6-8-15-37)70-55(83)45(30-38-33-66-41-17-10-9-16-40(38)41)71-53(81)43(69-56(46)84)19-13-21-65-59(62)63/h6-10,14-17,33-34,36,42-47,51,66H,4-5,11-13,18-32,35H2,1-3H3,(H2,60,77)(H2,61,80)(H,64,78)(H,67,79)(H,68,86)(H,69,84)(H,70,83)(H,71,81)(H,72,82)(H,73,85)(H4,62,63,65). The molecule has 10 amide bonds. The van der Waals surface area contributed by atoms with Crippen LogP contribution < -0.4 is 65.5 Å². The van der Waals surface area contributed by atoms with Gasteiger partial charge >= 0.3 is 0 Å². The minimum Gasteiger partial charge on any atom is -0.377 e. The van der Waals surface area contributed by atoms with Crippen molar-refractivity contribution in [1.29, 1.82) is 0 Å².